The molecule has 2 aromatic carbocycles. The number of aryl methyl sites for hydroxylation is 1. The monoisotopic (exact) mass is 323 g/mol. The Morgan fingerprint density at radius 2 is 2.04 bits per heavy atom. The van der Waals surface area contributed by atoms with Crippen LogP contribution >= 0.6 is 0 Å². The number of tetrazole rings is 1. The molecule has 0 bridgehead atoms. The summed E-state index contributed by atoms with van der Waals surface area (Å²) in [6.07, 6.45) is 0. The third-order valence-corrected chi connectivity index (χ3v) is 3.61. The molecule has 0 spiro atoms. The maximum Gasteiger partial charge on any atom is 0.255 e. The van der Waals surface area contributed by atoms with Crippen molar-refractivity contribution >= 4 is 11.6 Å². The lowest BCUT2D eigenvalue weighted by Crippen LogP contribution is -2.12. The summed E-state index contributed by atoms with van der Waals surface area (Å²) in [6, 6.07) is 12.4. The second-order valence-corrected chi connectivity index (χ2v) is 5.21. The fourth-order valence-corrected chi connectivity index (χ4v) is 2.43. The lowest BCUT2D eigenvalue weighted by atomic mass is 10.2. The number of benzene rings is 2. The summed E-state index contributed by atoms with van der Waals surface area (Å²) < 4.78 is 12.1. The molecule has 1 amide bonds. The Kier molecular flexibility index (Phi) is 3.34. The van der Waals surface area contributed by atoms with Crippen molar-refractivity contribution in [3.8, 4) is 17.2 Å². The van der Waals surface area contributed by atoms with Crippen LogP contribution in [0.1, 0.15) is 16.2 Å². The molecule has 0 aliphatic carbocycles. The zero-order valence-corrected chi connectivity index (χ0v) is 12.8. The normalized spacial score (nSPS) is 12.2. The fourth-order valence-electron chi connectivity index (χ4n) is 2.43. The summed E-state index contributed by atoms with van der Waals surface area (Å²) in [7, 11) is 0. The molecular weight excluding hydrogens is 310 g/mol. The molecule has 2 heterocycles. The third kappa shape index (κ3) is 2.54. The first kappa shape index (κ1) is 14.2. The number of hydrogen-bond donors (Lipinski definition) is 1. The predicted molar refractivity (Wildman–Crippen MR) is 84.4 cm³/mol. The molecule has 0 saturated carbocycles. The Labute approximate surface area is 137 Å². The van der Waals surface area contributed by atoms with Crippen LogP contribution in [0.2, 0.25) is 0 Å². The number of carbonyl (C=O) groups is 1. The number of fused-ring (bicyclic) bond motifs is 1. The first-order valence-electron chi connectivity index (χ1n) is 7.27. The van der Waals surface area contributed by atoms with Gasteiger partial charge in [0.2, 0.25) is 6.79 Å². The van der Waals surface area contributed by atoms with Gasteiger partial charge in [-0.2, -0.15) is 4.68 Å². The van der Waals surface area contributed by atoms with Crippen LogP contribution in [-0.4, -0.2) is 32.9 Å². The van der Waals surface area contributed by atoms with Gasteiger partial charge in [0.05, 0.1) is 5.69 Å². The van der Waals surface area contributed by atoms with Crippen molar-refractivity contribution in [1.29, 1.82) is 0 Å². The third-order valence-electron chi connectivity index (χ3n) is 3.61. The number of hydrogen-bond acceptors (Lipinski definition) is 6. The maximum absolute atomic E-state index is 12.4. The molecule has 4 rings (SSSR count). The summed E-state index contributed by atoms with van der Waals surface area (Å²) >= 11 is 0. The van der Waals surface area contributed by atoms with Crippen molar-refractivity contribution in [3.05, 3.63) is 53.9 Å². The highest BCUT2D eigenvalue weighted by atomic mass is 16.7. The zero-order valence-electron chi connectivity index (χ0n) is 12.8. The molecule has 0 saturated heterocycles. The Hall–Kier alpha value is -3.42. The molecule has 0 fully saturated rings. The smallest absolute Gasteiger partial charge is 0.255 e. The zero-order chi connectivity index (χ0) is 16.5. The summed E-state index contributed by atoms with van der Waals surface area (Å²) in [5, 5.41) is 14.2. The molecular formula is C16H13N5O3. The van der Waals surface area contributed by atoms with E-state index in [0.717, 1.165) is 5.69 Å². The average Bonchev–Trinajstić information content (AvgIpc) is 3.22. The first-order valence-corrected chi connectivity index (χ1v) is 7.27. The van der Waals surface area contributed by atoms with Gasteiger partial charge in [-0.1, -0.05) is 6.07 Å². The van der Waals surface area contributed by atoms with Gasteiger partial charge in [0.1, 0.15) is 0 Å². The van der Waals surface area contributed by atoms with E-state index in [1.54, 1.807) is 41.9 Å². The number of amides is 1. The maximum atomic E-state index is 12.4. The molecule has 3 aromatic rings. The molecule has 8 heteroatoms. The van der Waals surface area contributed by atoms with E-state index in [-0.39, 0.29) is 12.7 Å². The van der Waals surface area contributed by atoms with Crippen LogP contribution in [0.25, 0.3) is 5.69 Å². The highest BCUT2D eigenvalue weighted by Gasteiger charge is 2.16. The van der Waals surface area contributed by atoms with Gasteiger partial charge in [-0.15, -0.1) is 5.10 Å². The van der Waals surface area contributed by atoms with Crippen LogP contribution in [-0.2, 0) is 0 Å². The van der Waals surface area contributed by atoms with Gasteiger partial charge in [-0.25, -0.2) is 0 Å². The molecule has 0 unspecified atom stereocenters. The van der Waals surface area contributed by atoms with Gasteiger partial charge in [-0.3, -0.25) is 4.79 Å². The van der Waals surface area contributed by atoms with E-state index in [1.807, 2.05) is 12.1 Å². The molecule has 1 aromatic heterocycles. The number of anilines is 1. The minimum Gasteiger partial charge on any atom is -0.454 e. The van der Waals surface area contributed by atoms with Gasteiger partial charge in [0.25, 0.3) is 5.91 Å². The number of nitrogens with zero attached hydrogens (tertiary/aromatic N) is 4. The lowest BCUT2D eigenvalue weighted by Gasteiger charge is -2.08. The van der Waals surface area contributed by atoms with Gasteiger partial charge in [-0.05, 0) is 53.7 Å². The highest BCUT2D eigenvalue weighted by molar-refractivity contribution is 6.04. The standard InChI is InChI=1S/C16H13N5O3/c1-10-18-19-20-21(10)13-4-2-3-12(8-13)17-16(22)11-5-6-14-15(7-11)24-9-23-14/h2-8H,9H2,1H3,(H,17,22). The predicted octanol–water partition coefficient (Wildman–Crippen LogP) is 1.95. The number of ether oxygens (including phenoxy) is 2. The van der Waals surface area contributed by atoms with Gasteiger partial charge >= 0.3 is 0 Å². The van der Waals surface area contributed by atoms with E-state index in [4.69, 9.17) is 9.47 Å². The molecule has 1 N–H and O–H groups in total. The van der Waals surface area contributed by atoms with Crippen molar-refractivity contribution in [1.82, 2.24) is 20.2 Å². The largest absolute Gasteiger partial charge is 0.454 e. The minimum absolute atomic E-state index is 0.174. The van der Waals surface area contributed by atoms with E-state index >= 15 is 0 Å². The summed E-state index contributed by atoms with van der Waals surface area (Å²) in [4.78, 5) is 12.4. The molecule has 1 aliphatic heterocycles. The number of rotatable bonds is 3. The SMILES string of the molecule is Cc1nnnn1-c1cccc(NC(=O)c2ccc3c(c2)OCO3)c1. The van der Waals surface area contributed by atoms with E-state index in [9.17, 15) is 4.79 Å². The Morgan fingerprint density at radius 3 is 2.88 bits per heavy atom. The molecule has 8 nitrogen and oxygen atoms in total. The van der Waals surface area contributed by atoms with Crippen molar-refractivity contribution in [2.45, 2.75) is 6.92 Å². The van der Waals surface area contributed by atoms with Crippen LogP contribution < -0.4 is 14.8 Å². The minimum atomic E-state index is -0.237. The number of nitrogens with one attached hydrogen (secondary N) is 1. The first-order chi connectivity index (χ1) is 11.7. The van der Waals surface area contributed by atoms with E-state index in [1.165, 1.54) is 0 Å². The Bertz CT molecular complexity index is 922. The summed E-state index contributed by atoms with van der Waals surface area (Å²) in [6.45, 7) is 1.98. The van der Waals surface area contributed by atoms with Gasteiger partial charge in [0, 0.05) is 11.3 Å². The van der Waals surface area contributed by atoms with E-state index in [0.29, 0.717) is 28.6 Å². The van der Waals surface area contributed by atoms with E-state index in [2.05, 4.69) is 20.8 Å². The van der Waals surface area contributed by atoms with E-state index < -0.39 is 0 Å². The van der Waals surface area contributed by atoms with Crippen LogP contribution in [0, 0.1) is 6.92 Å². The Morgan fingerprint density at radius 1 is 1.17 bits per heavy atom. The quantitative estimate of drug-likeness (QED) is 0.792. The fraction of sp³-hybridized carbons (Fsp3) is 0.125. The number of carbonyl (C=O) groups excluding carboxylic acids is 1. The Balaban J connectivity index is 1.57. The van der Waals surface area contributed by atoms with Gasteiger partial charge in [0.15, 0.2) is 17.3 Å². The number of aromatic nitrogens is 4. The molecule has 0 radical (unpaired) electrons. The second-order valence-electron chi connectivity index (χ2n) is 5.21. The molecule has 0 atom stereocenters. The van der Waals surface area contributed by atoms with Crippen LogP contribution in [0.15, 0.2) is 42.5 Å². The average molecular weight is 323 g/mol. The molecule has 120 valence electrons. The topological polar surface area (TPSA) is 91.2 Å². The van der Waals surface area contributed by atoms with Crippen LogP contribution in [0.4, 0.5) is 5.69 Å². The summed E-state index contributed by atoms with van der Waals surface area (Å²) in [5.41, 5.74) is 1.90. The van der Waals surface area contributed by atoms with Crippen LogP contribution in [0.3, 0.4) is 0 Å². The second kappa shape index (κ2) is 5.65. The van der Waals surface area contributed by atoms with Crippen molar-refractivity contribution in [2.24, 2.45) is 0 Å². The van der Waals surface area contributed by atoms with Crippen molar-refractivity contribution in [2.75, 3.05) is 12.1 Å². The lowest BCUT2D eigenvalue weighted by molar-refractivity contribution is 0.102. The highest BCUT2D eigenvalue weighted by Crippen LogP contribution is 2.32. The van der Waals surface area contributed by atoms with Crippen molar-refractivity contribution < 1.29 is 14.3 Å². The molecule has 24 heavy (non-hydrogen) atoms. The molecule has 1 aliphatic rings. The summed E-state index contributed by atoms with van der Waals surface area (Å²) in [5.74, 6) is 1.64. The van der Waals surface area contributed by atoms with Gasteiger partial charge < -0.3 is 14.8 Å². The van der Waals surface area contributed by atoms with Crippen LogP contribution in [0.5, 0.6) is 11.5 Å². The van der Waals surface area contributed by atoms with Crippen molar-refractivity contribution in [3.63, 3.8) is 0 Å².